The summed E-state index contributed by atoms with van der Waals surface area (Å²) >= 11 is 0. The quantitative estimate of drug-likeness (QED) is 0.754. The molecule has 1 aliphatic rings. The average molecular weight is 341 g/mol. The first-order valence-corrected chi connectivity index (χ1v) is 9.00. The Morgan fingerprint density at radius 3 is 2.04 bits per heavy atom. The van der Waals surface area contributed by atoms with Gasteiger partial charge in [0.15, 0.2) is 0 Å². The van der Waals surface area contributed by atoms with Crippen LogP contribution in [0.25, 0.3) is 0 Å². The number of benzene rings is 3. The fourth-order valence-corrected chi connectivity index (χ4v) is 3.57. The van der Waals surface area contributed by atoms with Gasteiger partial charge in [0.05, 0.1) is 23.5 Å². The van der Waals surface area contributed by atoms with Crippen LogP contribution in [0.3, 0.4) is 0 Å². The van der Waals surface area contributed by atoms with Crippen molar-refractivity contribution in [3.8, 4) is 0 Å². The minimum absolute atomic E-state index is 0.111. The Hall–Kier alpha value is -2.91. The number of hydrogen-bond donors (Lipinski definition) is 1. The van der Waals surface area contributed by atoms with E-state index in [1.165, 1.54) is 11.1 Å². The molecule has 26 heavy (non-hydrogen) atoms. The predicted molar refractivity (Wildman–Crippen MR) is 109 cm³/mol. The summed E-state index contributed by atoms with van der Waals surface area (Å²) in [6.45, 7) is 2.11. The number of aryl methyl sites for hydroxylation is 1. The third kappa shape index (κ3) is 3.02. The Kier molecular flexibility index (Phi) is 4.55. The second-order valence-electron chi connectivity index (χ2n) is 6.65. The van der Waals surface area contributed by atoms with E-state index in [-0.39, 0.29) is 12.1 Å². The van der Waals surface area contributed by atoms with Crippen LogP contribution in [0, 0.1) is 6.92 Å². The molecule has 0 aromatic heterocycles. The van der Waals surface area contributed by atoms with Gasteiger partial charge in [0.1, 0.15) is 0 Å². The fraction of sp³-hybridized carbons (Fsp3) is 0.174. The highest BCUT2D eigenvalue weighted by Crippen LogP contribution is 2.36. The van der Waals surface area contributed by atoms with Crippen molar-refractivity contribution in [3.63, 3.8) is 0 Å². The molecule has 1 aliphatic heterocycles. The summed E-state index contributed by atoms with van der Waals surface area (Å²) in [4.78, 5) is 0. The molecule has 2 atom stereocenters. The van der Waals surface area contributed by atoms with E-state index in [0.717, 1.165) is 17.0 Å². The lowest BCUT2D eigenvalue weighted by Crippen LogP contribution is -2.39. The molecule has 3 aromatic carbocycles. The van der Waals surface area contributed by atoms with E-state index in [1.807, 2.05) is 13.1 Å². The Labute approximate surface area is 155 Å². The van der Waals surface area contributed by atoms with E-state index in [9.17, 15) is 0 Å². The lowest BCUT2D eigenvalue weighted by atomic mass is 9.93. The summed E-state index contributed by atoms with van der Waals surface area (Å²) in [5, 5.41) is 10.7. The van der Waals surface area contributed by atoms with Crippen molar-refractivity contribution in [2.24, 2.45) is 5.10 Å². The van der Waals surface area contributed by atoms with Crippen molar-refractivity contribution in [2.75, 3.05) is 12.1 Å². The third-order valence-electron chi connectivity index (χ3n) is 4.91. The van der Waals surface area contributed by atoms with E-state index < -0.39 is 0 Å². The predicted octanol–water partition coefficient (Wildman–Crippen LogP) is 4.55. The zero-order valence-corrected chi connectivity index (χ0v) is 15.1. The average Bonchev–Trinajstić information content (AvgIpc) is 3.09. The van der Waals surface area contributed by atoms with Gasteiger partial charge < -0.3 is 5.32 Å². The lowest BCUT2D eigenvalue weighted by molar-refractivity contribution is 0.572. The van der Waals surface area contributed by atoms with Gasteiger partial charge in [0.25, 0.3) is 0 Å². The van der Waals surface area contributed by atoms with Crippen LogP contribution in [0.15, 0.2) is 90.0 Å². The van der Waals surface area contributed by atoms with Crippen LogP contribution in [0.4, 0.5) is 5.69 Å². The van der Waals surface area contributed by atoms with Crippen LogP contribution in [0.5, 0.6) is 0 Å². The number of likely N-dealkylation sites (N-methyl/N-ethyl adjacent to an activating group) is 1. The lowest BCUT2D eigenvalue weighted by Gasteiger charge is -2.28. The fourth-order valence-electron chi connectivity index (χ4n) is 3.57. The van der Waals surface area contributed by atoms with Gasteiger partial charge in [-0.25, -0.2) is 0 Å². The van der Waals surface area contributed by atoms with E-state index in [0.29, 0.717) is 0 Å². The molecule has 0 saturated carbocycles. The zero-order valence-electron chi connectivity index (χ0n) is 15.1. The molecule has 3 aromatic rings. The molecule has 0 saturated heterocycles. The van der Waals surface area contributed by atoms with Crippen LogP contribution in [-0.4, -0.2) is 18.8 Å². The minimum Gasteiger partial charge on any atom is -0.310 e. The van der Waals surface area contributed by atoms with Gasteiger partial charge in [-0.15, -0.1) is 0 Å². The Morgan fingerprint density at radius 2 is 1.42 bits per heavy atom. The molecule has 1 N–H and O–H groups in total. The molecule has 1 heterocycles. The highest BCUT2D eigenvalue weighted by atomic mass is 15.5. The van der Waals surface area contributed by atoms with Gasteiger partial charge in [-0.2, -0.15) is 5.10 Å². The third-order valence-corrected chi connectivity index (χ3v) is 4.91. The first-order chi connectivity index (χ1) is 12.8. The molecule has 0 amide bonds. The molecule has 0 radical (unpaired) electrons. The van der Waals surface area contributed by atoms with Gasteiger partial charge in [-0.05, 0) is 37.2 Å². The van der Waals surface area contributed by atoms with Crippen LogP contribution in [-0.2, 0) is 0 Å². The number of hydrazone groups is 1. The molecule has 0 aliphatic carbocycles. The summed E-state index contributed by atoms with van der Waals surface area (Å²) in [5.41, 5.74) is 5.85. The molecule has 0 fully saturated rings. The Morgan fingerprint density at radius 1 is 0.808 bits per heavy atom. The van der Waals surface area contributed by atoms with Crippen molar-refractivity contribution >= 4 is 11.4 Å². The SMILES string of the molecule is CN[C@@H]1C(c2ccc(C)cc2)=NN(c2ccccc2)[C@H]1c1ccccc1. The van der Waals surface area contributed by atoms with Gasteiger partial charge in [0, 0.05) is 0 Å². The van der Waals surface area contributed by atoms with E-state index >= 15 is 0 Å². The summed E-state index contributed by atoms with van der Waals surface area (Å²) < 4.78 is 0. The monoisotopic (exact) mass is 341 g/mol. The van der Waals surface area contributed by atoms with Crippen LogP contribution in [0.1, 0.15) is 22.7 Å². The molecular formula is C23H23N3. The second kappa shape index (κ2) is 7.14. The molecule has 130 valence electrons. The normalized spacial score (nSPS) is 19.5. The standard InChI is InChI=1S/C23H23N3/c1-17-13-15-18(16-14-17)21-22(24-2)23(19-9-5-3-6-10-19)26(25-21)20-11-7-4-8-12-20/h3-16,22-24H,1-2H3/t22-,23+/m1/s1. The maximum atomic E-state index is 5.06. The first-order valence-electron chi connectivity index (χ1n) is 9.00. The van der Waals surface area contributed by atoms with Crippen molar-refractivity contribution in [2.45, 2.75) is 19.0 Å². The number of anilines is 1. The maximum Gasteiger partial charge on any atom is 0.0986 e. The minimum atomic E-state index is 0.111. The number of nitrogens with one attached hydrogen (secondary N) is 1. The van der Waals surface area contributed by atoms with Crippen molar-refractivity contribution < 1.29 is 0 Å². The highest BCUT2D eigenvalue weighted by Gasteiger charge is 2.38. The van der Waals surface area contributed by atoms with Crippen molar-refractivity contribution in [1.82, 2.24) is 5.32 Å². The van der Waals surface area contributed by atoms with E-state index in [1.54, 1.807) is 0 Å². The molecular weight excluding hydrogens is 318 g/mol. The number of hydrogen-bond acceptors (Lipinski definition) is 3. The van der Waals surface area contributed by atoms with Gasteiger partial charge in [0.2, 0.25) is 0 Å². The summed E-state index contributed by atoms with van der Waals surface area (Å²) in [6.07, 6.45) is 0. The summed E-state index contributed by atoms with van der Waals surface area (Å²) in [7, 11) is 2.01. The number of para-hydroxylation sites is 1. The van der Waals surface area contributed by atoms with E-state index in [4.69, 9.17) is 5.10 Å². The topological polar surface area (TPSA) is 27.6 Å². The van der Waals surface area contributed by atoms with Crippen LogP contribution < -0.4 is 10.3 Å². The summed E-state index contributed by atoms with van der Waals surface area (Å²) in [5.74, 6) is 0. The molecule has 0 unspecified atom stereocenters. The van der Waals surface area contributed by atoms with Crippen LogP contribution in [0.2, 0.25) is 0 Å². The Bertz CT molecular complexity index is 886. The van der Waals surface area contributed by atoms with Gasteiger partial charge >= 0.3 is 0 Å². The van der Waals surface area contributed by atoms with Crippen LogP contribution >= 0.6 is 0 Å². The van der Waals surface area contributed by atoms with Crippen molar-refractivity contribution in [1.29, 1.82) is 0 Å². The summed E-state index contributed by atoms with van der Waals surface area (Å²) in [6, 6.07) is 29.8. The smallest absolute Gasteiger partial charge is 0.0986 e. The van der Waals surface area contributed by atoms with Crippen molar-refractivity contribution in [3.05, 3.63) is 102 Å². The second-order valence-corrected chi connectivity index (χ2v) is 6.65. The highest BCUT2D eigenvalue weighted by molar-refractivity contribution is 6.07. The molecule has 3 heteroatoms. The largest absolute Gasteiger partial charge is 0.310 e. The Balaban J connectivity index is 1.83. The first kappa shape index (κ1) is 16.6. The zero-order chi connectivity index (χ0) is 17.9. The molecule has 4 rings (SSSR count). The van der Waals surface area contributed by atoms with Gasteiger partial charge in [-0.3, -0.25) is 5.01 Å². The van der Waals surface area contributed by atoms with Gasteiger partial charge in [-0.1, -0.05) is 78.4 Å². The molecule has 0 bridgehead atoms. The maximum absolute atomic E-state index is 5.06. The molecule has 0 spiro atoms. The van der Waals surface area contributed by atoms with E-state index in [2.05, 4.69) is 96.1 Å². The number of rotatable bonds is 4. The number of nitrogens with zero attached hydrogens (tertiary/aromatic N) is 2. The molecule has 3 nitrogen and oxygen atoms in total.